The molecule has 1 aromatic heterocycles. The number of hydrogen-bond acceptors (Lipinski definition) is 6. The maximum Gasteiger partial charge on any atom is 0.305 e. The van der Waals surface area contributed by atoms with Crippen LogP contribution in [0.2, 0.25) is 0 Å². The molecule has 0 aromatic carbocycles. The summed E-state index contributed by atoms with van der Waals surface area (Å²) in [5.41, 5.74) is -0.0752. The van der Waals surface area contributed by atoms with E-state index in [1.54, 1.807) is 0 Å². The van der Waals surface area contributed by atoms with Gasteiger partial charge in [-0.3, -0.25) is 10.1 Å². The Morgan fingerprint density at radius 1 is 1.56 bits per heavy atom. The highest BCUT2D eigenvalue weighted by Gasteiger charge is 2.19. The summed E-state index contributed by atoms with van der Waals surface area (Å²) in [5.74, 6) is 0.553. The second-order valence-corrected chi connectivity index (χ2v) is 4.33. The van der Waals surface area contributed by atoms with Crippen LogP contribution in [-0.4, -0.2) is 40.6 Å². The van der Waals surface area contributed by atoms with Gasteiger partial charge in [-0.05, 0) is 26.3 Å². The van der Waals surface area contributed by atoms with E-state index in [0.29, 0.717) is 12.0 Å². The van der Waals surface area contributed by atoms with Crippen molar-refractivity contribution in [3.05, 3.63) is 22.5 Å². The Balaban J connectivity index is 2.04. The van der Waals surface area contributed by atoms with Crippen molar-refractivity contribution in [1.82, 2.24) is 15.3 Å². The van der Waals surface area contributed by atoms with Crippen LogP contribution in [0.15, 0.2) is 12.4 Å². The van der Waals surface area contributed by atoms with E-state index in [9.17, 15) is 10.1 Å². The Morgan fingerprint density at radius 3 is 2.78 bits per heavy atom. The molecule has 0 bridgehead atoms. The zero-order valence-corrected chi connectivity index (χ0v) is 10.4. The summed E-state index contributed by atoms with van der Waals surface area (Å²) in [5, 5.41) is 13.9. The van der Waals surface area contributed by atoms with Crippen LogP contribution in [0.4, 0.5) is 11.6 Å². The SMILES string of the molecule is CCN(CC1CCCN1)c1ncc([N+](=O)[O-])cn1. The minimum absolute atomic E-state index is 0.0752. The van der Waals surface area contributed by atoms with Gasteiger partial charge in [0.25, 0.3) is 0 Å². The number of nitro groups is 1. The Hall–Kier alpha value is -1.76. The molecule has 1 aliphatic rings. The molecule has 0 radical (unpaired) electrons. The van der Waals surface area contributed by atoms with Crippen LogP contribution in [0, 0.1) is 10.1 Å². The summed E-state index contributed by atoms with van der Waals surface area (Å²) in [6.07, 6.45) is 4.87. The van der Waals surface area contributed by atoms with Gasteiger partial charge in [-0.25, -0.2) is 9.97 Å². The van der Waals surface area contributed by atoms with Crippen LogP contribution >= 0.6 is 0 Å². The van der Waals surface area contributed by atoms with Crippen molar-refractivity contribution in [2.75, 3.05) is 24.5 Å². The van der Waals surface area contributed by atoms with E-state index >= 15 is 0 Å². The van der Waals surface area contributed by atoms with Gasteiger partial charge in [0, 0.05) is 19.1 Å². The van der Waals surface area contributed by atoms with Crippen LogP contribution in [0.1, 0.15) is 19.8 Å². The molecule has 0 amide bonds. The summed E-state index contributed by atoms with van der Waals surface area (Å²) < 4.78 is 0. The van der Waals surface area contributed by atoms with E-state index in [-0.39, 0.29) is 5.69 Å². The minimum atomic E-state index is -0.488. The Labute approximate surface area is 105 Å². The average Bonchev–Trinajstić information content (AvgIpc) is 2.89. The Bertz CT molecular complexity index is 402. The molecule has 1 N–H and O–H groups in total. The van der Waals surface area contributed by atoms with Crippen molar-refractivity contribution in [2.45, 2.75) is 25.8 Å². The normalized spacial score (nSPS) is 18.8. The highest BCUT2D eigenvalue weighted by molar-refractivity contribution is 5.34. The molecule has 1 atom stereocenters. The second kappa shape index (κ2) is 5.72. The molecular weight excluding hydrogens is 234 g/mol. The minimum Gasteiger partial charge on any atom is -0.340 e. The van der Waals surface area contributed by atoms with Gasteiger partial charge in [-0.15, -0.1) is 0 Å². The first-order valence-corrected chi connectivity index (χ1v) is 6.15. The largest absolute Gasteiger partial charge is 0.340 e. The number of anilines is 1. The van der Waals surface area contributed by atoms with Crippen molar-refractivity contribution < 1.29 is 4.92 Å². The number of rotatable bonds is 5. The molecular formula is C11H17N5O2. The standard InChI is InChI=1S/C11H17N5O2/c1-2-15(8-9-4-3-5-12-9)11-13-6-10(7-14-11)16(17)18/h6-7,9,12H,2-5,8H2,1H3. The number of aromatic nitrogens is 2. The van der Waals surface area contributed by atoms with Gasteiger partial charge in [0.1, 0.15) is 12.4 Å². The molecule has 98 valence electrons. The van der Waals surface area contributed by atoms with Crippen molar-refractivity contribution in [3.63, 3.8) is 0 Å². The predicted octanol–water partition coefficient (Wildman–Crippen LogP) is 0.963. The molecule has 7 nitrogen and oxygen atoms in total. The van der Waals surface area contributed by atoms with Crippen molar-refractivity contribution in [2.24, 2.45) is 0 Å². The molecule has 7 heteroatoms. The molecule has 18 heavy (non-hydrogen) atoms. The number of hydrogen-bond donors (Lipinski definition) is 1. The Kier molecular flexibility index (Phi) is 4.03. The zero-order valence-electron chi connectivity index (χ0n) is 10.4. The summed E-state index contributed by atoms with van der Waals surface area (Å²) >= 11 is 0. The van der Waals surface area contributed by atoms with E-state index in [0.717, 1.165) is 26.1 Å². The van der Waals surface area contributed by atoms with Crippen molar-refractivity contribution in [1.29, 1.82) is 0 Å². The van der Waals surface area contributed by atoms with E-state index in [1.165, 1.54) is 18.8 Å². The lowest BCUT2D eigenvalue weighted by atomic mass is 10.2. The van der Waals surface area contributed by atoms with Gasteiger partial charge < -0.3 is 10.2 Å². The smallest absolute Gasteiger partial charge is 0.305 e. The van der Waals surface area contributed by atoms with Gasteiger partial charge in [-0.2, -0.15) is 0 Å². The fourth-order valence-corrected chi connectivity index (χ4v) is 2.10. The zero-order chi connectivity index (χ0) is 13.0. The number of likely N-dealkylation sites (N-methyl/N-ethyl adjacent to an activating group) is 1. The molecule has 1 saturated heterocycles. The van der Waals surface area contributed by atoms with Gasteiger partial charge in [0.2, 0.25) is 5.95 Å². The quantitative estimate of drug-likeness (QED) is 0.620. The van der Waals surface area contributed by atoms with Gasteiger partial charge in [0.05, 0.1) is 4.92 Å². The maximum atomic E-state index is 10.5. The third kappa shape index (κ3) is 2.92. The molecule has 1 aromatic rings. The van der Waals surface area contributed by atoms with Crippen LogP contribution in [0.25, 0.3) is 0 Å². The van der Waals surface area contributed by atoms with Crippen molar-refractivity contribution in [3.8, 4) is 0 Å². The molecule has 2 heterocycles. The topological polar surface area (TPSA) is 84.2 Å². The first-order chi connectivity index (χ1) is 8.70. The van der Waals surface area contributed by atoms with Gasteiger partial charge >= 0.3 is 5.69 Å². The molecule has 1 fully saturated rings. The monoisotopic (exact) mass is 251 g/mol. The van der Waals surface area contributed by atoms with Crippen LogP contribution in [-0.2, 0) is 0 Å². The fraction of sp³-hybridized carbons (Fsp3) is 0.636. The number of nitrogens with zero attached hydrogens (tertiary/aromatic N) is 4. The lowest BCUT2D eigenvalue weighted by molar-refractivity contribution is -0.385. The molecule has 0 spiro atoms. The first kappa shape index (κ1) is 12.7. The summed E-state index contributed by atoms with van der Waals surface area (Å²) in [7, 11) is 0. The summed E-state index contributed by atoms with van der Waals surface area (Å²) in [6, 6.07) is 0.462. The highest BCUT2D eigenvalue weighted by Crippen LogP contribution is 2.14. The first-order valence-electron chi connectivity index (χ1n) is 6.15. The average molecular weight is 251 g/mol. The van der Waals surface area contributed by atoms with E-state index in [4.69, 9.17) is 0 Å². The summed E-state index contributed by atoms with van der Waals surface area (Å²) in [4.78, 5) is 20.2. The highest BCUT2D eigenvalue weighted by atomic mass is 16.6. The maximum absolute atomic E-state index is 10.5. The lowest BCUT2D eigenvalue weighted by Gasteiger charge is -2.24. The van der Waals surface area contributed by atoms with Crippen LogP contribution in [0.5, 0.6) is 0 Å². The number of nitrogens with one attached hydrogen (secondary N) is 1. The molecule has 0 aliphatic carbocycles. The second-order valence-electron chi connectivity index (χ2n) is 4.33. The molecule has 1 unspecified atom stereocenters. The molecule has 1 aliphatic heterocycles. The van der Waals surface area contributed by atoms with Crippen LogP contribution in [0.3, 0.4) is 0 Å². The van der Waals surface area contributed by atoms with E-state index in [1.807, 2.05) is 11.8 Å². The third-order valence-electron chi connectivity index (χ3n) is 3.10. The van der Waals surface area contributed by atoms with E-state index < -0.39 is 4.92 Å². The Morgan fingerprint density at radius 2 is 2.28 bits per heavy atom. The van der Waals surface area contributed by atoms with Gasteiger partial charge in [-0.1, -0.05) is 0 Å². The van der Waals surface area contributed by atoms with Crippen molar-refractivity contribution >= 4 is 11.6 Å². The fourth-order valence-electron chi connectivity index (χ4n) is 2.10. The molecule has 2 rings (SSSR count). The lowest BCUT2D eigenvalue weighted by Crippen LogP contribution is -2.38. The summed E-state index contributed by atoms with van der Waals surface area (Å²) in [6.45, 7) is 4.72. The predicted molar refractivity (Wildman–Crippen MR) is 67.6 cm³/mol. The van der Waals surface area contributed by atoms with Gasteiger partial charge in [0.15, 0.2) is 0 Å². The third-order valence-corrected chi connectivity index (χ3v) is 3.10. The van der Waals surface area contributed by atoms with E-state index in [2.05, 4.69) is 15.3 Å². The molecule has 0 saturated carbocycles. The van der Waals surface area contributed by atoms with Crippen LogP contribution < -0.4 is 10.2 Å².